The van der Waals surface area contributed by atoms with Gasteiger partial charge in [0.05, 0.1) is 12.2 Å². The van der Waals surface area contributed by atoms with Gasteiger partial charge < -0.3 is 10.2 Å². The monoisotopic (exact) mass is 406 g/mol. The Labute approximate surface area is 181 Å². The fourth-order valence-corrected chi connectivity index (χ4v) is 3.44. The number of allylic oxidation sites excluding steroid dienone is 3. The van der Waals surface area contributed by atoms with E-state index in [1.54, 1.807) is 0 Å². The van der Waals surface area contributed by atoms with Crippen LogP contribution in [0.5, 0.6) is 0 Å². The highest BCUT2D eigenvalue weighted by Gasteiger charge is 2.17. The zero-order valence-corrected chi connectivity index (χ0v) is 18.6. The predicted molar refractivity (Wildman–Crippen MR) is 124 cm³/mol. The molecule has 1 N–H and O–H groups in total. The van der Waals surface area contributed by atoms with Crippen LogP contribution >= 0.6 is 0 Å². The average molecular weight is 407 g/mol. The molecule has 0 aromatic heterocycles. The molecule has 1 aliphatic rings. The lowest BCUT2D eigenvalue weighted by molar-refractivity contribution is -0.122. The number of nitrogens with one attached hydrogen (secondary N) is 1. The van der Waals surface area contributed by atoms with Crippen molar-refractivity contribution in [2.24, 2.45) is 0 Å². The minimum atomic E-state index is 0.0874. The number of fused-ring (bicyclic) bond motifs is 1. The Bertz CT molecular complexity index is 855. The Morgan fingerprint density at radius 1 is 1.13 bits per heavy atom. The van der Waals surface area contributed by atoms with Crippen LogP contribution in [0.1, 0.15) is 64.9 Å². The number of Topliss-reactive ketones (excluding diaryl/α,β-unsaturated/α-hetero) is 1. The van der Waals surface area contributed by atoms with E-state index in [1.807, 2.05) is 43.3 Å². The van der Waals surface area contributed by atoms with E-state index in [2.05, 4.69) is 35.9 Å². The van der Waals surface area contributed by atoms with Crippen molar-refractivity contribution >= 4 is 17.4 Å². The molecule has 2 rings (SSSR count). The van der Waals surface area contributed by atoms with Gasteiger partial charge in [0.15, 0.2) is 5.78 Å². The van der Waals surface area contributed by atoms with Gasteiger partial charge in [-0.05, 0) is 50.8 Å². The molecule has 1 aromatic carbocycles. The molecule has 0 saturated heterocycles. The summed E-state index contributed by atoms with van der Waals surface area (Å²) >= 11 is 0. The smallest absolute Gasteiger partial charge is 0.219 e. The van der Waals surface area contributed by atoms with Crippen LogP contribution in [0.3, 0.4) is 0 Å². The molecule has 4 nitrogen and oxygen atoms in total. The van der Waals surface area contributed by atoms with E-state index < -0.39 is 0 Å². The summed E-state index contributed by atoms with van der Waals surface area (Å²) in [5.74, 6) is 6.82. The van der Waals surface area contributed by atoms with Crippen molar-refractivity contribution in [1.29, 1.82) is 0 Å². The number of hydrogen-bond acceptors (Lipinski definition) is 3. The first kappa shape index (κ1) is 23.5. The Balaban J connectivity index is 1.94. The van der Waals surface area contributed by atoms with Crippen molar-refractivity contribution in [3.05, 3.63) is 53.1 Å². The van der Waals surface area contributed by atoms with Gasteiger partial charge in [0, 0.05) is 37.1 Å². The van der Waals surface area contributed by atoms with Crippen LogP contribution < -0.4 is 10.2 Å². The van der Waals surface area contributed by atoms with Crippen LogP contribution in [0, 0.1) is 11.8 Å². The average Bonchev–Trinajstić information content (AvgIpc) is 2.73. The zero-order valence-electron chi connectivity index (χ0n) is 18.6. The van der Waals surface area contributed by atoms with E-state index in [9.17, 15) is 9.59 Å². The molecule has 1 aromatic rings. The van der Waals surface area contributed by atoms with Crippen LogP contribution in [0.2, 0.25) is 0 Å². The van der Waals surface area contributed by atoms with Gasteiger partial charge in [0.25, 0.3) is 0 Å². The highest BCUT2D eigenvalue weighted by molar-refractivity contribution is 5.84. The Kier molecular flexibility index (Phi) is 9.94. The second kappa shape index (κ2) is 12.7. The molecular weight excluding hydrogens is 372 g/mol. The van der Waals surface area contributed by atoms with Crippen LogP contribution in [-0.2, 0) is 9.59 Å². The lowest BCUT2D eigenvalue weighted by Crippen LogP contribution is -2.32. The first-order chi connectivity index (χ1) is 14.5. The summed E-state index contributed by atoms with van der Waals surface area (Å²) in [6.45, 7) is 7.95. The summed E-state index contributed by atoms with van der Waals surface area (Å²) in [6, 6.07) is 8.01. The highest BCUT2D eigenvalue weighted by atomic mass is 16.1. The standard InChI is InChI=1S/C26H34N2O2/c1-4-6-18-27-26(30)15-10-8-13-24(29)20-28-19-21(3)22(11-5-2)16-17-23-12-7-9-14-25(23)28/h5,7,9,11-12,14H,4,6,8,10,13,15,18-20H2,1-3H3,(H,27,30). The molecule has 160 valence electrons. The summed E-state index contributed by atoms with van der Waals surface area (Å²) < 4.78 is 0. The Morgan fingerprint density at radius 2 is 1.90 bits per heavy atom. The number of ketones is 1. The van der Waals surface area contributed by atoms with E-state index in [0.717, 1.165) is 54.6 Å². The third-order valence-electron chi connectivity index (χ3n) is 5.13. The number of nitrogens with zero attached hydrogens (tertiary/aromatic N) is 1. The minimum Gasteiger partial charge on any atom is -0.359 e. The number of rotatable bonds is 11. The quantitative estimate of drug-likeness (QED) is 0.424. The lowest BCUT2D eigenvalue weighted by atomic mass is 10.0. The van der Waals surface area contributed by atoms with Gasteiger partial charge in [-0.1, -0.05) is 49.5 Å². The summed E-state index contributed by atoms with van der Waals surface area (Å²) in [6.07, 6.45) is 8.59. The van der Waals surface area contributed by atoms with Crippen molar-refractivity contribution in [2.45, 2.75) is 59.3 Å². The van der Waals surface area contributed by atoms with E-state index in [4.69, 9.17) is 0 Å². The first-order valence-electron chi connectivity index (χ1n) is 11.0. The molecule has 0 radical (unpaired) electrons. The summed E-state index contributed by atoms with van der Waals surface area (Å²) in [4.78, 5) is 26.6. The van der Waals surface area contributed by atoms with E-state index in [0.29, 0.717) is 25.9 Å². The number of anilines is 1. The molecule has 30 heavy (non-hydrogen) atoms. The van der Waals surface area contributed by atoms with E-state index in [1.165, 1.54) is 0 Å². The molecule has 4 heteroatoms. The van der Waals surface area contributed by atoms with Gasteiger partial charge in [-0.2, -0.15) is 0 Å². The Hall–Kier alpha value is -2.80. The number of hydrogen-bond donors (Lipinski definition) is 1. The number of unbranched alkanes of at least 4 members (excludes halogenated alkanes) is 2. The lowest BCUT2D eigenvalue weighted by Gasteiger charge is -2.27. The minimum absolute atomic E-state index is 0.0874. The van der Waals surface area contributed by atoms with E-state index >= 15 is 0 Å². The zero-order chi connectivity index (χ0) is 21.8. The van der Waals surface area contributed by atoms with Crippen molar-refractivity contribution in [3.63, 3.8) is 0 Å². The van der Waals surface area contributed by atoms with Gasteiger partial charge in [-0.25, -0.2) is 0 Å². The van der Waals surface area contributed by atoms with Crippen LogP contribution in [0.25, 0.3) is 0 Å². The number of amides is 1. The van der Waals surface area contributed by atoms with Crippen molar-refractivity contribution in [1.82, 2.24) is 5.32 Å². The summed E-state index contributed by atoms with van der Waals surface area (Å²) in [7, 11) is 0. The van der Waals surface area contributed by atoms with Crippen molar-refractivity contribution in [3.8, 4) is 11.8 Å². The fraction of sp³-hybridized carbons (Fsp3) is 0.462. The van der Waals surface area contributed by atoms with Crippen molar-refractivity contribution < 1.29 is 9.59 Å². The second-order valence-corrected chi connectivity index (χ2v) is 7.77. The maximum Gasteiger partial charge on any atom is 0.219 e. The third-order valence-corrected chi connectivity index (χ3v) is 5.13. The summed E-state index contributed by atoms with van der Waals surface area (Å²) in [5, 5.41) is 2.92. The molecule has 1 heterocycles. The van der Waals surface area contributed by atoms with Crippen LogP contribution in [-0.4, -0.2) is 31.3 Å². The largest absolute Gasteiger partial charge is 0.359 e. The van der Waals surface area contributed by atoms with Crippen LogP contribution in [0.15, 0.2) is 47.6 Å². The van der Waals surface area contributed by atoms with Gasteiger partial charge in [-0.15, -0.1) is 0 Å². The summed E-state index contributed by atoms with van der Waals surface area (Å²) in [5.41, 5.74) is 4.13. The second-order valence-electron chi connectivity index (χ2n) is 7.77. The molecule has 1 aliphatic heterocycles. The highest BCUT2D eigenvalue weighted by Crippen LogP contribution is 2.24. The normalized spacial score (nSPS) is 13.4. The van der Waals surface area contributed by atoms with Crippen molar-refractivity contribution in [2.75, 3.05) is 24.5 Å². The van der Waals surface area contributed by atoms with E-state index in [-0.39, 0.29) is 11.7 Å². The Morgan fingerprint density at radius 3 is 2.67 bits per heavy atom. The third kappa shape index (κ3) is 7.55. The fourth-order valence-electron chi connectivity index (χ4n) is 3.44. The first-order valence-corrected chi connectivity index (χ1v) is 11.0. The van der Waals surface area contributed by atoms with Gasteiger partial charge in [-0.3, -0.25) is 9.59 Å². The molecule has 0 spiro atoms. The topological polar surface area (TPSA) is 49.4 Å². The molecule has 1 amide bonds. The molecule has 0 fully saturated rings. The van der Waals surface area contributed by atoms with Gasteiger partial charge >= 0.3 is 0 Å². The number of benzene rings is 1. The molecular formula is C26H34N2O2. The molecule has 0 atom stereocenters. The predicted octanol–water partition coefficient (Wildman–Crippen LogP) is 4.80. The molecule has 0 aliphatic carbocycles. The maximum absolute atomic E-state index is 12.7. The van der Waals surface area contributed by atoms with Gasteiger partial charge in [0.2, 0.25) is 5.91 Å². The SMILES string of the molecule is CC=CC1=C(C)CN(CC(=O)CCCCC(=O)NCCCC)c2ccccc2C#C1. The number of para-hydroxylation sites is 1. The number of carbonyl (C=O) groups excluding carboxylic acids is 2. The molecule has 0 bridgehead atoms. The number of carbonyl (C=O) groups is 2. The molecule has 0 unspecified atom stereocenters. The molecule has 0 saturated carbocycles. The van der Waals surface area contributed by atoms with Crippen LogP contribution in [0.4, 0.5) is 5.69 Å². The van der Waals surface area contributed by atoms with Gasteiger partial charge in [0.1, 0.15) is 0 Å². The maximum atomic E-state index is 12.7.